The zero-order valence-corrected chi connectivity index (χ0v) is 13.9. The minimum atomic E-state index is 1.38. The summed E-state index contributed by atoms with van der Waals surface area (Å²) < 4.78 is 13.0. The summed E-state index contributed by atoms with van der Waals surface area (Å²) >= 11 is 0. The van der Waals surface area contributed by atoms with Crippen LogP contribution in [0.25, 0.3) is 0 Å². The zero-order chi connectivity index (χ0) is 19.1. The highest BCUT2D eigenvalue weighted by Crippen LogP contribution is 1.81. The smallest absolute Gasteiger partial charge is 0.180 e. The fraction of sp³-hybridized carbons (Fsp3) is 0. The zero-order valence-electron chi connectivity index (χ0n) is 13.9. The summed E-state index contributed by atoms with van der Waals surface area (Å²) in [6.07, 6.45) is 22.2. The number of nitrogens with one attached hydrogen (secondary N) is 2. The Morgan fingerprint density at radius 1 is 0.815 bits per heavy atom. The second-order valence-corrected chi connectivity index (χ2v) is 3.69. The van der Waals surface area contributed by atoms with Crippen LogP contribution in [0.2, 0.25) is 0 Å². The molecule has 0 unspecified atom stereocenters. The lowest BCUT2D eigenvalue weighted by Crippen LogP contribution is -2.03. The van der Waals surface area contributed by atoms with Crippen LogP contribution >= 0.6 is 0 Å². The number of nitrogens with zero attached hydrogens (tertiary/aromatic N) is 5. The maximum atomic E-state index is 4.55. The lowest BCUT2D eigenvalue weighted by Gasteiger charge is -1.97. The molecule has 5 rings (SSSR count). The number of hydrogen-bond acceptors (Lipinski definition) is 12. The van der Waals surface area contributed by atoms with Gasteiger partial charge in [0.2, 0.25) is 0 Å². The van der Waals surface area contributed by atoms with Gasteiger partial charge in [-0.1, -0.05) is 5.16 Å². The van der Waals surface area contributed by atoms with Crippen LogP contribution in [-0.2, 0) is 9.68 Å². The second-order valence-electron chi connectivity index (χ2n) is 3.69. The van der Waals surface area contributed by atoms with E-state index in [2.05, 4.69) is 59.8 Å². The molecule has 0 saturated carbocycles. The Labute approximate surface area is 153 Å². The molecule has 2 N–H and O–H groups in total. The lowest BCUT2D eigenvalue weighted by molar-refractivity contribution is 0.136. The van der Waals surface area contributed by atoms with Crippen molar-refractivity contribution in [1.82, 2.24) is 31.6 Å². The normalized spacial score (nSPS) is 11.6. The van der Waals surface area contributed by atoms with E-state index in [9.17, 15) is 0 Å². The Morgan fingerprint density at radius 3 is 1.96 bits per heavy atom. The summed E-state index contributed by atoms with van der Waals surface area (Å²) in [4.78, 5) is 12.5. The van der Waals surface area contributed by atoms with Gasteiger partial charge in [-0.3, -0.25) is 0 Å². The molecule has 3 aromatic rings. The van der Waals surface area contributed by atoms with Gasteiger partial charge in [0.05, 0.1) is 24.8 Å². The number of hydrogen-bond donors (Lipinski definition) is 2. The molecule has 0 bridgehead atoms. The minimum absolute atomic E-state index is 1.38. The van der Waals surface area contributed by atoms with Crippen molar-refractivity contribution in [3.63, 3.8) is 0 Å². The first kappa shape index (κ1) is 20.7. The molecule has 12 heteroatoms. The minimum Gasteiger partial charge on any atom is -0.452 e. The van der Waals surface area contributed by atoms with Crippen molar-refractivity contribution < 1.29 is 23.1 Å². The van der Waals surface area contributed by atoms with Crippen molar-refractivity contribution in [2.75, 3.05) is 0 Å². The van der Waals surface area contributed by atoms with E-state index in [1.165, 1.54) is 37.6 Å². The van der Waals surface area contributed by atoms with Crippen LogP contribution in [0.1, 0.15) is 0 Å². The monoisotopic (exact) mass is 375 g/mol. The SMILES string of the molecule is C1=CNOC=C1.C1=CONN=C1.c1cnoc1.c1cocn1.c1conn1. The molecule has 27 heavy (non-hydrogen) atoms. The fourth-order valence-corrected chi connectivity index (χ4v) is 0.954. The van der Waals surface area contributed by atoms with Crippen LogP contribution in [0.5, 0.6) is 0 Å². The highest BCUT2D eigenvalue weighted by molar-refractivity contribution is 5.70. The van der Waals surface area contributed by atoms with Crippen LogP contribution in [0.4, 0.5) is 0 Å². The maximum Gasteiger partial charge on any atom is 0.180 e. The van der Waals surface area contributed by atoms with Crippen LogP contribution in [0, 0.1) is 0 Å². The average molecular weight is 375 g/mol. The van der Waals surface area contributed by atoms with Crippen molar-refractivity contribution >= 4 is 6.21 Å². The molecule has 0 aromatic carbocycles. The standard InChI is InChI=1S/C4H5NO.C3H4N2O.2C3H3NO.C2H2N2O/c1-2-4-6-5-3-1;1-2-4-5-6-3-1;1-2-5-3-4-1;1-2-4-5-3-1;1-2-5-4-3-1/h1-5H;1-3,5H;2*1-3H;1-2H. The number of hydroxylamine groups is 1. The van der Waals surface area contributed by atoms with Crippen LogP contribution in [0.3, 0.4) is 0 Å². The molecule has 0 aliphatic carbocycles. The van der Waals surface area contributed by atoms with Crippen molar-refractivity contribution in [2.24, 2.45) is 5.10 Å². The molecule has 2 aliphatic rings. The molecular weight excluding hydrogens is 358 g/mol. The van der Waals surface area contributed by atoms with Gasteiger partial charge in [-0.2, -0.15) is 5.10 Å². The number of aromatic nitrogens is 4. The van der Waals surface area contributed by atoms with E-state index in [0.29, 0.717) is 0 Å². The Morgan fingerprint density at radius 2 is 1.78 bits per heavy atom. The van der Waals surface area contributed by atoms with Gasteiger partial charge in [-0.15, -0.1) is 10.7 Å². The molecule has 0 amide bonds. The van der Waals surface area contributed by atoms with Gasteiger partial charge in [-0.25, -0.2) is 10.5 Å². The molecule has 0 radical (unpaired) electrons. The van der Waals surface area contributed by atoms with Crippen molar-refractivity contribution in [3.05, 3.63) is 86.8 Å². The van der Waals surface area contributed by atoms with Gasteiger partial charge < -0.3 is 23.1 Å². The van der Waals surface area contributed by atoms with Gasteiger partial charge in [-0.05, 0) is 24.3 Å². The van der Waals surface area contributed by atoms with E-state index in [1.807, 2.05) is 6.08 Å². The summed E-state index contributed by atoms with van der Waals surface area (Å²) in [5.74, 6) is 0. The Bertz CT molecular complexity index is 548. The molecule has 12 nitrogen and oxygen atoms in total. The Balaban J connectivity index is 0.000000169. The number of oxazole rings is 1. The Kier molecular flexibility index (Phi) is 13.8. The van der Waals surface area contributed by atoms with Crippen LogP contribution < -0.4 is 11.1 Å². The molecule has 142 valence electrons. The second kappa shape index (κ2) is 18.0. The molecule has 0 spiro atoms. The van der Waals surface area contributed by atoms with Gasteiger partial charge in [0.25, 0.3) is 0 Å². The summed E-state index contributed by atoms with van der Waals surface area (Å²) in [6.45, 7) is 0. The molecular formula is C15H17N7O5. The molecule has 5 heterocycles. The van der Waals surface area contributed by atoms with Gasteiger partial charge in [0, 0.05) is 11.5 Å². The van der Waals surface area contributed by atoms with Gasteiger partial charge in [0.15, 0.2) is 6.39 Å². The highest BCUT2D eigenvalue weighted by Gasteiger charge is 1.73. The van der Waals surface area contributed by atoms with Crippen LogP contribution in [0.15, 0.2) is 105 Å². The third-order valence-corrected chi connectivity index (χ3v) is 1.88. The van der Waals surface area contributed by atoms with E-state index in [0.717, 1.165) is 0 Å². The van der Waals surface area contributed by atoms with Crippen molar-refractivity contribution in [3.8, 4) is 0 Å². The highest BCUT2D eigenvalue weighted by atomic mass is 16.7. The largest absolute Gasteiger partial charge is 0.452 e. The third-order valence-electron chi connectivity index (χ3n) is 1.88. The average Bonchev–Trinajstić information content (AvgIpc) is 3.58. The predicted molar refractivity (Wildman–Crippen MR) is 91.7 cm³/mol. The number of allylic oxidation sites excluding steroid dienone is 3. The first-order valence-corrected chi connectivity index (χ1v) is 7.19. The van der Waals surface area contributed by atoms with E-state index in [4.69, 9.17) is 0 Å². The summed E-state index contributed by atoms with van der Waals surface area (Å²) in [7, 11) is 0. The molecule has 3 aromatic heterocycles. The topological polar surface area (TPSA) is 146 Å². The van der Waals surface area contributed by atoms with Crippen molar-refractivity contribution in [1.29, 1.82) is 0 Å². The number of hydrazone groups is 1. The summed E-state index contributed by atoms with van der Waals surface area (Å²) in [5, 5.41) is 13.2. The van der Waals surface area contributed by atoms with E-state index < -0.39 is 0 Å². The van der Waals surface area contributed by atoms with Crippen molar-refractivity contribution in [2.45, 2.75) is 0 Å². The molecule has 2 aliphatic heterocycles. The van der Waals surface area contributed by atoms with Gasteiger partial charge in [0.1, 0.15) is 31.3 Å². The van der Waals surface area contributed by atoms with Crippen LogP contribution in [-0.4, -0.2) is 26.7 Å². The maximum absolute atomic E-state index is 4.55. The van der Waals surface area contributed by atoms with Gasteiger partial charge >= 0.3 is 0 Å². The summed E-state index contributed by atoms with van der Waals surface area (Å²) in [6, 6.07) is 1.72. The molecule has 0 fully saturated rings. The lowest BCUT2D eigenvalue weighted by atomic mass is 10.6. The van der Waals surface area contributed by atoms with E-state index in [-0.39, 0.29) is 0 Å². The fourth-order valence-electron chi connectivity index (χ4n) is 0.954. The first-order chi connectivity index (χ1) is 13.5. The van der Waals surface area contributed by atoms with E-state index >= 15 is 0 Å². The summed E-state index contributed by atoms with van der Waals surface area (Å²) in [5.41, 5.74) is 4.78. The molecule has 0 atom stereocenters. The Hall–Kier alpha value is -4.35. The quantitative estimate of drug-likeness (QED) is 0.594. The molecule has 0 saturated heterocycles. The number of rotatable bonds is 0. The first-order valence-electron chi connectivity index (χ1n) is 7.19. The predicted octanol–water partition coefficient (Wildman–Crippen LogP) is 1.99. The van der Waals surface area contributed by atoms with E-state index in [1.54, 1.807) is 49.3 Å². The third kappa shape index (κ3) is 16.3.